The molecule has 0 unspecified atom stereocenters. The van der Waals surface area contributed by atoms with Gasteiger partial charge in [0, 0.05) is 5.69 Å². The molecule has 1 rings (SSSR count). The first-order chi connectivity index (χ1) is 6.63. The predicted octanol–water partition coefficient (Wildman–Crippen LogP) is 1.53. The van der Waals surface area contributed by atoms with Crippen molar-refractivity contribution in [2.75, 3.05) is 5.32 Å². The van der Waals surface area contributed by atoms with Gasteiger partial charge in [-0.15, -0.1) is 0 Å². The Labute approximate surface area is 84.3 Å². The second-order valence-electron chi connectivity index (χ2n) is 3.33. The zero-order valence-corrected chi connectivity index (χ0v) is 8.58. The van der Waals surface area contributed by atoms with Crippen molar-refractivity contribution < 1.29 is 4.79 Å². The van der Waals surface area contributed by atoms with E-state index in [-0.39, 0.29) is 5.91 Å². The molecule has 0 heterocycles. The third-order valence-corrected chi connectivity index (χ3v) is 2.02. The Bertz CT molecular complexity index is 321. The van der Waals surface area contributed by atoms with Gasteiger partial charge >= 0.3 is 0 Å². The summed E-state index contributed by atoms with van der Waals surface area (Å²) >= 11 is 0. The Hall–Kier alpha value is -1.35. The summed E-state index contributed by atoms with van der Waals surface area (Å²) in [5.41, 5.74) is 7.46. The molecule has 0 radical (unpaired) electrons. The maximum absolute atomic E-state index is 11.3. The largest absolute Gasteiger partial charge is 0.325 e. The molecule has 0 aliphatic carbocycles. The summed E-state index contributed by atoms with van der Waals surface area (Å²) in [4.78, 5) is 11.3. The molecule has 76 valence electrons. The van der Waals surface area contributed by atoms with Crippen LogP contribution < -0.4 is 11.1 Å². The molecule has 1 aromatic carbocycles. The van der Waals surface area contributed by atoms with Crippen LogP contribution in [0.25, 0.3) is 0 Å². The SMILES string of the molecule is CCc1cccc(NC(=O)[C@@H](C)N)c1. The van der Waals surface area contributed by atoms with Gasteiger partial charge in [0.05, 0.1) is 6.04 Å². The molecule has 1 amide bonds. The van der Waals surface area contributed by atoms with Crippen LogP contribution in [0.2, 0.25) is 0 Å². The van der Waals surface area contributed by atoms with E-state index in [0.717, 1.165) is 12.1 Å². The van der Waals surface area contributed by atoms with Crippen LogP contribution >= 0.6 is 0 Å². The Kier molecular flexibility index (Phi) is 3.65. The van der Waals surface area contributed by atoms with Gasteiger partial charge in [-0.2, -0.15) is 0 Å². The van der Waals surface area contributed by atoms with Crippen molar-refractivity contribution >= 4 is 11.6 Å². The van der Waals surface area contributed by atoms with Crippen LogP contribution in [0.1, 0.15) is 19.4 Å². The van der Waals surface area contributed by atoms with Gasteiger partial charge in [0.1, 0.15) is 0 Å². The molecule has 14 heavy (non-hydrogen) atoms. The number of anilines is 1. The summed E-state index contributed by atoms with van der Waals surface area (Å²) in [6, 6.07) is 7.30. The number of aryl methyl sites for hydroxylation is 1. The molecule has 3 heteroatoms. The van der Waals surface area contributed by atoms with Gasteiger partial charge < -0.3 is 11.1 Å². The fourth-order valence-corrected chi connectivity index (χ4v) is 1.13. The van der Waals surface area contributed by atoms with Crippen molar-refractivity contribution in [2.45, 2.75) is 26.3 Å². The van der Waals surface area contributed by atoms with E-state index in [1.165, 1.54) is 5.56 Å². The second-order valence-corrected chi connectivity index (χ2v) is 3.33. The van der Waals surface area contributed by atoms with E-state index in [2.05, 4.69) is 12.2 Å². The number of benzene rings is 1. The molecule has 1 aromatic rings. The monoisotopic (exact) mass is 192 g/mol. The summed E-state index contributed by atoms with van der Waals surface area (Å²) in [7, 11) is 0. The number of nitrogens with one attached hydrogen (secondary N) is 1. The van der Waals surface area contributed by atoms with Gasteiger partial charge in [0.15, 0.2) is 0 Å². The minimum Gasteiger partial charge on any atom is -0.325 e. The number of carbonyl (C=O) groups is 1. The fraction of sp³-hybridized carbons (Fsp3) is 0.364. The van der Waals surface area contributed by atoms with Crippen LogP contribution in [-0.2, 0) is 11.2 Å². The first-order valence-corrected chi connectivity index (χ1v) is 4.79. The van der Waals surface area contributed by atoms with Crippen LogP contribution in [0, 0.1) is 0 Å². The summed E-state index contributed by atoms with van der Waals surface area (Å²) in [6.45, 7) is 3.74. The number of hydrogen-bond donors (Lipinski definition) is 2. The molecule has 0 bridgehead atoms. The standard InChI is InChI=1S/C11H16N2O/c1-3-9-5-4-6-10(7-9)13-11(14)8(2)12/h4-8H,3,12H2,1-2H3,(H,13,14)/t8-/m1/s1. The van der Waals surface area contributed by atoms with Gasteiger partial charge in [-0.05, 0) is 31.0 Å². The van der Waals surface area contributed by atoms with Gasteiger partial charge in [-0.3, -0.25) is 4.79 Å². The number of rotatable bonds is 3. The predicted molar refractivity (Wildman–Crippen MR) is 58.1 cm³/mol. The van der Waals surface area contributed by atoms with Gasteiger partial charge in [-0.25, -0.2) is 0 Å². The average Bonchev–Trinajstić information content (AvgIpc) is 2.18. The highest BCUT2D eigenvalue weighted by Crippen LogP contribution is 2.10. The van der Waals surface area contributed by atoms with Gasteiger partial charge in [-0.1, -0.05) is 19.1 Å². The lowest BCUT2D eigenvalue weighted by atomic mass is 10.1. The topological polar surface area (TPSA) is 55.1 Å². The van der Waals surface area contributed by atoms with Gasteiger partial charge in [0.2, 0.25) is 5.91 Å². The van der Waals surface area contributed by atoms with E-state index in [1.807, 2.05) is 24.3 Å². The van der Waals surface area contributed by atoms with Crippen LogP contribution in [0.3, 0.4) is 0 Å². The Morgan fingerprint density at radius 3 is 2.86 bits per heavy atom. The molecular weight excluding hydrogens is 176 g/mol. The zero-order valence-electron chi connectivity index (χ0n) is 8.58. The van der Waals surface area contributed by atoms with Crippen molar-refractivity contribution in [1.82, 2.24) is 0 Å². The molecule has 0 saturated heterocycles. The smallest absolute Gasteiger partial charge is 0.240 e. The quantitative estimate of drug-likeness (QED) is 0.763. The van der Waals surface area contributed by atoms with E-state index in [9.17, 15) is 4.79 Å². The van der Waals surface area contributed by atoms with Crippen molar-refractivity contribution in [3.63, 3.8) is 0 Å². The highest BCUT2D eigenvalue weighted by molar-refractivity contribution is 5.94. The lowest BCUT2D eigenvalue weighted by molar-refractivity contribution is -0.117. The lowest BCUT2D eigenvalue weighted by Crippen LogP contribution is -2.32. The highest BCUT2D eigenvalue weighted by Gasteiger charge is 2.06. The number of hydrogen-bond acceptors (Lipinski definition) is 2. The van der Waals surface area contributed by atoms with E-state index in [0.29, 0.717) is 0 Å². The third kappa shape index (κ3) is 2.85. The molecule has 0 aliphatic heterocycles. The Balaban J connectivity index is 2.72. The van der Waals surface area contributed by atoms with E-state index in [1.54, 1.807) is 6.92 Å². The average molecular weight is 192 g/mol. The summed E-state index contributed by atoms with van der Waals surface area (Å²) in [5.74, 6) is -0.154. The molecule has 1 atom stereocenters. The van der Waals surface area contributed by atoms with Crippen LogP contribution in [0.15, 0.2) is 24.3 Å². The van der Waals surface area contributed by atoms with Gasteiger partial charge in [0.25, 0.3) is 0 Å². The molecule has 0 aromatic heterocycles. The van der Waals surface area contributed by atoms with Crippen molar-refractivity contribution in [3.05, 3.63) is 29.8 Å². The normalized spacial score (nSPS) is 12.2. The zero-order chi connectivity index (χ0) is 10.6. The second kappa shape index (κ2) is 4.77. The van der Waals surface area contributed by atoms with E-state index < -0.39 is 6.04 Å². The van der Waals surface area contributed by atoms with Crippen molar-refractivity contribution in [1.29, 1.82) is 0 Å². The van der Waals surface area contributed by atoms with Crippen molar-refractivity contribution in [2.24, 2.45) is 5.73 Å². The molecule has 0 fully saturated rings. The molecule has 3 nitrogen and oxygen atoms in total. The summed E-state index contributed by atoms with van der Waals surface area (Å²) in [6.07, 6.45) is 0.960. The molecule has 0 saturated carbocycles. The van der Waals surface area contributed by atoms with Crippen LogP contribution in [-0.4, -0.2) is 11.9 Å². The fourth-order valence-electron chi connectivity index (χ4n) is 1.13. The van der Waals surface area contributed by atoms with Crippen LogP contribution in [0.4, 0.5) is 5.69 Å². The molecule has 0 spiro atoms. The highest BCUT2D eigenvalue weighted by atomic mass is 16.2. The molecule has 0 aliphatic rings. The van der Waals surface area contributed by atoms with Crippen molar-refractivity contribution in [3.8, 4) is 0 Å². The Morgan fingerprint density at radius 1 is 1.57 bits per heavy atom. The Morgan fingerprint density at radius 2 is 2.29 bits per heavy atom. The molecular formula is C11H16N2O. The van der Waals surface area contributed by atoms with E-state index in [4.69, 9.17) is 5.73 Å². The third-order valence-electron chi connectivity index (χ3n) is 2.02. The minimum atomic E-state index is -0.472. The summed E-state index contributed by atoms with van der Waals surface area (Å²) in [5, 5.41) is 2.75. The van der Waals surface area contributed by atoms with E-state index >= 15 is 0 Å². The lowest BCUT2D eigenvalue weighted by Gasteiger charge is -2.08. The number of nitrogens with two attached hydrogens (primary N) is 1. The maximum Gasteiger partial charge on any atom is 0.240 e. The minimum absolute atomic E-state index is 0.154. The van der Waals surface area contributed by atoms with Crippen LogP contribution in [0.5, 0.6) is 0 Å². The molecule has 3 N–H and O–H groups in total. The number of carbonyl (C=O) groups excluding carboxylic acids is 1. The first kappa shape index (κ1) is 10.7. The summed E-state index contributed by atoms with van der Waals surface area (Å²) < 4.78 is 0. The maximum atomic E-state index is 11.3. The number of amides is 1. The first-order valence-electron chi connectivity index (χ1n) is 4.79.